The van der Waals surface area contributed by atoms with Crippen molar-refractivity contribution in [2.45, 2.75) is 59.0 Å². The monoisotopic (exact) mass is 240 g/mol. The van der Waals surface area contributed by atoms with Gasteiger partial charge in [0.2, 0.25) is 5.91 Å². The van der Waals surface area contributed by atoms with E-state index in [-0.39, 0.29) is 5.91 Å². The van der Waals surface area contributed by atoms with Crippen molar-refractivity contribution >= 4 is 5.91 Å². The van der Waals surface area contributed by atoms with Crippen molar-refractivity contribution in [1.82, 2.24) is 5.32 Å². The number of nitriles is 1. The van der Waals surface area contributed by atoms with Gasteiger partial charge in [0.15, 0.2) is 0 Å². The number of aliphatic hydroxyl groups is 1. The molecule has 0 saturated heterocycles. The zero-order chi connectivity index (χ0) is 13.3. The summed E-state index contributed by atoms with van der Waals surface area (Å²) in [5, 5.41) is 21.1. The second-order valence-electron chi connectivity index (χ2n) is 4.59. The molecule has 0 spiro atoms. The zero-order valence-electron chi connectivity index (χ0n) is 11.1. The summed E-state index contributed by atoms with van der Waals surface area (Å²) in [7, 11) is 0. The van der Waals surface area contributed by atoms with Gasteiger partial charge < -0.3 is 10.4 Å². The molecule has 0 radical (unpaired) electrons. The Labute approximate surface area is 104 Å². The van der Waals surface area contributed by atoms with E-state index < -0.39 is 11.5 Å². The normalized spacial score (nSPS) is 12.9. The number of rotatable bonds is 8. The molecule has 0 saturated carbocycles. The molecule has 1 amide bonds. The van der Waals surface area contributed by atoms with Gasteiger partial charge in [-0.05, 0) is 26.2 Å². The van der Waals surface area contributed by atoms with E-state index in [9.17, 15) is 10.1 Å². The minimum Gasteiger partial charge on any atom is -0.393 e. The molecule has 4 heteroatoms. The smallest absolute Gasteiger partial charge is 0.240 e. The van der Waals surface area contributed by atoms with Crippen LogP contribution in [0.2, 0.25) is 0 Å². The average Bonchev–Trinajstić information content (AvgIpc) is 2.27. The van der Waals surface area contributed by atoms with Crippen LogP contribution in [0.15, 0.2) is 0 Å². The first-order valence-corrected chi connectivity index (χ1v) is 6.40. The van der Waals surface area contributed by atoms with Crippen LogP contribution in [0.25, 0.3) is 0 Å². The highest BCUT2D eigenvalue weighted by atomic mass is 16.3. The van der Waals surface area contributed by atoms with Crippen molar-refractivity contribution in [2.24, 2.45) is 5.41 Å². The molecule has 4 nitrogen and oxygen atoms in total. The molecule has 0 aliphatic heterocycles. The summed E-state index contributed by atoms with van der Waals surface area (Å²) in [6.45, 7) is 6.06. The molecule has 0 bridgehead atoms. The fourth-order valence-electron chi connectivity index (χ4n) is 1.93. The van der Waals surface area contributed by atoms with Crippen LogP contribution < -0.4 is 5.32 Å². The lowest BCUT2D eigenvalue weighted by Gasteiger charge is -2.24. The lowest BCUT2D eigenvalue weighted by molar-refractivity contribution is -0.129. The molecule has 0 aromatic heterocycles. The summed E-state index contributed by atoms with van der Waals surface area (Å²) in [5.41, 5.74) is -0.887. The van der Waals surface area contributed by atoms with Gasteiger partial charge in [0, 0.05) is 6.54 Å². The number of nitrogens with zero attached hydrogens (tertiary/aromatic N) is 1. The van der Waals surface area contributed by atoms with Crippen molar-refractivity contribution in [3.63, 3.8) is 0 Å². The van der Waals surface area contributed by atoms with E-state index in [2.05, 4.69) is 11.4 Å². The number of nitrogens with one attached hydrogen (secondary N) is 1. The fraction of sp³-hybridized carbons (Fsp3) is 0.846. The second kappa shape index (κ2) is 8.08. The average molecular weight is 240 g/mol. The zero-order valence-corrected chi connectivity index (χ0v) is 11.1. The maximum absolute atomic E-state index is 12.0. The van der Waals surface area contributed by atoms with E-state index in [1.54, 1.807) is 6.92 Å². The third-order valence-corrected chi connectivity index (χ3v) is 2.85. The van der Waals surface area contributed by atoms with E-state index in [1.165, 1.54) is 0 Å². The Morgan fingerprint density at radius 2 is 1.94 bits per heavy atom. The molecule has 1 atom stereocenters. The van der Waals surface area contributed by atoms with Crippen LogP contribution in [0.1, 0.15) is 52.9 Å². The van der Waals surface area contributed by atoms with E-state index >= 15 is 0 Å². The molecule has 0 heterocycles. The van der Waals surface area contributed by atoms with Crippen LogP contribution >= 0.6 is 0 Å². The molecule has 0 aromatic carbocycles. The molecule has 0 aliphatic rings. The molecule has 0 aromatic rings. The SMILES string of the molecule is CCCC(C#N)(CCC)C(=O)NCCC(C)O. The molecule has 0 aliphatic carbocycles. The number of carbonyl (C=O) groups is 1. The highest BCUT2D eigenvalue weighted by Gasteiger charge is 2.36. The number of hydrogen-bond donors (Lipinski definition) is 2. The van der Waals surface area contributed by atoms with E-state index in [1.807, 2.05) is 13.8 Å². The second-order valence-corrected chi connectivity index (χ2v) is 4.59. The van der Waals surface area contributed by atoms with Crippen molar-refractivity contribution < 1.29 is 9.90 Å². The lowest BCUT2D eigenvalue weighted by atomic mass is 9.80. The van der Waals surface area contributed by atoms with E-state index in [0.29, 0.717) is 25.8 Å². The first-order chi connectivity index (χ1) is 8.02. The minimum absolute atomic E-state index is 0.190. The summed E-state index contributed by atoms with van der Waals surface area (Å²) in [6.07, 6.45) is 2.92. The quantitative estimate of drug-likeness (QED) is 0.681. The third kappa shape index (κ3) is 5.18. The van der Waals surface area contributed by atoms with Gasteiger partial charge in [0.1, 0.15) is 5.41 Å². The number of amides is 1. The number of aliphatic hydroxyl groups excluding tert-OH is 1. The van der Waals surface area contributed by atoms with Gasteiger partial charge in [-0.15, -0.1) is 0 Å². The molecular weight excluding hydrogens is 216 g/mol. The fourth-order valence-corrected chi connectivity index (χ4v) is 1.93. The molecule has 98 valence electrons. The highest BCUT2D eigenvalue weighted by Crippen LogP contribution is 2.29. The molecular formula is C13H24N2O2. The van der Waals surface area contributed by atoms with Gasteiger partial charge in [-0.3, -0.25) is 4.79 Å². The van der Waals surface area contributed by atoms with Crippen LogP contribution in [0.5, 0.6) is 0 Å². The molecule has 2 N–H and O–H groups in total. The van der Waals surface area contributed by atoms with Gasteiger partial charge in [-0.25, -0.2) is 0 Å². The molecule has 0 fully saturated rings. The molecule has 1 unspecified atom stereocenters. The summed E-state index contributed by atoms with van der Waals surface area (Å²) in [4.78, 5) is 12.0. The number of carbonyl (C=O) groups excluding carboxylic acids is 1. The first kappa shape index (κ1) is 15.9. The highest BCUT2D eigenvalue weighted by molar-refractivity contribution is 5.85. The van der Waals surface area contributed by atoms with E-state index in [0.717, 1.165) is 12.8 Å². The van der Waals surface area contributed by atoms with Crippen molar-refractivity contribution in [3.05, 3.63) is 0 Å². The van der Waals surface area contributed by atoms with Crippen LogP contribution in [-0.4, -0.2) is 23.7 Å². The first-order valence-electron chi connectivity index (χ1n) is 6.40. The summed E-state index contributed by atoms with van der Waals surface area (Å²) in [6, 6.07) is 2.18. The van der Waals surface area contributed by atoms with Crippen LogP contribution in [0, 0.1) is 16.7 Å². The third-order valence-electron chi connectivity index (χ3n) is 2.85. The van der Waals surface area contributed by atoms with Crippen LogP contribution in [0.3, 0.4) is 0 Å². The molecule has 17 heavy (non-hydrogen) atoms. The summed E-state index contributed by atoms with van der Waals surface area (Å²) < 4.78 is 0. The van der Waals surface area contributed by atoms with Crippen molar-refractivity contribution in [1.29, 1.82) is 5.26 Å². The Balaban J connectivity index is 4.47. The Kier molecular flexibility index (Phi) is 7.56. The Morgan fingerprint density at radius 3 is 2.29 bits per heavy atom. The predicted molar refractivity (Wildman–Crippen MR) is 67.2 cm³/mol. The lowest BCUT2D eigenvalue weighted by Crippen LogP contribution is -2.41. The van der Waals surface area contributed by atoms with Gasteiger partial charge >= 0.3 is 0 Å². The topological polar surface area (TPSA) is 73.1 Å². The van der Waals surface area contributed by atoms with E-state index in [4.69, 9.17) is 5.11 Å². The minimum atomic E-state index is -0.887. The standard InChI is InChI=1S/C13H24N2O2/c1-4-7-13(10-14,8-5-2)12(17)15-9-6-11(3)16/h11,16H,4-9H2,1-3H3,(H,15,17). The van der Waals surface area contributed by atoms with Gasteiger partial charge in [-0.2, -0.15) is 5.26 Å². The number of hydrogen-bond acceptors (Lipinski definition) is 3. The maximum atomic E-state index is 12.0. The van der Waals surface area contributed by atoms with Crippen molar-refractivity contribution in [3.8, 4) is 6.07 Å². The van der Waals surface area contributed by atoms with Gasteiger partial charge in [0.25, 0.3) is 0 Å². The Hall–Kier alpha value is -1.08. The van der Waals surface area contributed by atoms with Crippen molar-refractivity contribution in [2.75, 3.05) is 6.54 Å². The van der Waals surface area contributed by atoms with Crippen LogP contribution in [0.4, 0.5) is 0 Å². The molecule has 0 rings (SSSR count). The summed E-state index contributed by atoms with van der Waals surface area (Å²) >= 11 is 0. The van der Waals surface area contributed by atoms with Gasteiger partial charge in [0.05, 0.1) is 12.2 Å². The van der Waals surface area contributed by atoms with Gasteiger partial charge in [-0.1, -0.05) is 26.7 Å². The Morgan fingerprint density at radius 1 is 1.41 bits per heavy atom. The maximum Gasteiger partial charge on any atom is 0.240 e. The summed E-state index contributed by atoms with van der Waals surface area (Å²) in [5.74, 6) is -0.190. The van der Waals surface area contributed by atoms with Crippen LogP contribution in [-0.2, 0) is 4.79 Å². The Bertz CT molecular complexity index is 263. The predicted octanol–water partition coefficient (Wildman–Crippen LogP) is 1.98. The largest absolute Gasteiger partial charge is 0.393 e.